The molecule has 0 radical (unpaired) electrons. The van der Waals surface area contributed by atoms with Crippen molar-refractivity contribution in [2.45, 2.75) is 39.2 Å². The zero-order valence-corrected chi connectivity index (χ0v) is 20.3. The lowest BCUT2D eigenvalue weighted by molar-refractivity contribution is 0.0710. The van der Waals surface area contributed by atoms with E-state index in [0.29, 0.717) is 25.0 Å². The molecule has 0 saturated carbocycles. The van der Waals surface area contributed by atoms with E-state index in [1.165, 1.54) is 0 Å². The van der Waals surface area contributed by atoms with Crippen molar-refractivity contribution in [3.63, 3.8) is 0 Å². The van der Waals surface area contributed by atoms with E-state index in [1.54, 1.807) is 62.4 Å². The second-order valence-corrected chi connectivity index (χ2v) is 8.87. The molecule has 1 nitrogen and oxygen atoms in total. The van der Waals surface area contributed by atoms with Crippen LogP contribution >= 0.6 is 0 Å². The number of halogens is 4. The highest BCUT2D eigenvalue weighted by Gasteiger charge is 2.30. The summed E-state index contributed by atoms with van der Waals surface area (Å²) in [5.74, 6) is 1.82. The Morgan fingerprint density at radius 2 is 1.69 bits per heavy atom. The Morgan fingerprint density at radius 1 is 0.917 bits per heavy atom. The van der Waals surface area contributed by atoms with Gasteiger partial charge in [-0.25, -0.2) is 17.6 Å². The van der Waals surface area contributed by atoms with Gasteiger partial charge in [-0.3, -0.25) is 0 Å². The van der Waals surface area contributed by atoms with Gasteiger partial charge in [0.2, 0.25) is 0 Å². The first kappa shape index (κ1) is 25.7. The molecule has 1 aromatic rings. The van der Waals surface area contributed by atoms with Crippen molar-refractivity contribution in [2.24, 2.45) is 11.8 Å². The maximum absolute atomic E-state index is 14.9. The molecule has 3 unspecified atom stereocenters. The second kappa shape index (κ2) is 11.6. The smallest absolute Gasteiger partial charge is 0.165 e. The minimum Gasteiger partial charge on any atom is -0.371 e. The average Bonchev–Trinajstić information content (AvgIpc) is 2.89. The molecule has 0 bridgehead atoms. The van der Waals surface area contributed by atoms with Crippen molar-refractivity contribution in [3.05, 3.63) is 106 Å². The maximum Gasteiger partial charge on any atom is 0.165 e. The van der Waals surface area contributed by atoms with Gasteiger partial charge in [0.05, 0.1) is 0 Å². The molecular formula is C31H28F4O. The molecule has 1 aromatic carbocycles. The van der Waals surface area contributed by atoms with E-state index in [0.717, 1.165) is 11.1 Å². The Bertz CT molecular complexity index is 1280. The van der Waals surface area contributed by atoms with Gasteiger partial charge >= 0.3 is 0 Å². The van der Waals surface area contributed by atoms with Crippen molar-refractivity contribution in [1.29, 1.82) is 0 Å². The standard InChI is InChI=1S/C31H28F4O/c1-3-5-20-6-11-22(12-7-20)25-17-16-24(28(32)29(25)33)15-10-21-8-13-23(14-9-21)26-18-19-27(36-4-2)31(35)30(26)34/h6-11,13-16,18,22,25,27H,4,12,17,19H2,1-2H3/b15-10+. The lowest BCUT2D eigenvalue weighted by Crippen LogP contribution is -2.18. The van der Waals surface area contributed by atoms with Gasteiger partial charge in [0.15, 0.2) is 17.5 Å². The van der Waals surface area contributed by atoms with Gasteiger partial charge in [-0.2, -0.15) is 0 Å². The molecule has 0 spiro atoms. The second-order valence-electron chi connectivity index (χ2n) is 8.87. The van der Waals surface area contributed by atoms with Gasteiger partial charge in [0.1, 0.15) is 11.9 Å². The molecule has 0 saturated heterocycles. The Kier molecular flexibility index (Phi) is 8.28. The molecule has 3 aliphatic carbocycles. The van der Waals surface area contributed by atoms with Crippen LogP contribution in [-0.4, -0.2) is 12.7 Å². The molecule has 0 aromatic heterocycles. The first-order valence-electron chi connectivity index (χ1n) is 12.2. The molecule has 3 atom stereocenters. The van der Waals surface area contributed by atoms with Crippen LogP contribution in [0.5, 0.6) is 0 Å². The summed E-state index contributed by atoms with van der Waals surface area (Å²) in [6.45, 7) is 3.80. The van der Waals surface area contributed by atoms with Gasteiger partial charge < -0.3 is 4.74 Å². The number of allylic oxidation sites excluding steroid dienone is 11. The molecule has 0 aliphatic heterocycles. The van der Waals surface area contributed by atoms with Crippen LogP contribution in [-0.2, 0) is 4.74 Å². The van der Waals surface area contributed by atoms with Crippen LogP contribution in [0.2, 0.25) is 0 Å². The van der Waals surface area contributed by atoms with E-state index in [4.69, 9.17) is 4.74 Å². The summed E-state index contributed by atoms with van der Waals surface area (Å²) in [6, 6.07) is 6.81. The minimum absolute atomic E-state index is 0.107. The lowest BCUT2D eigenvalue weighted by atomic mass is 9.79. The van der Waals surface area contributed by atoms with Crippen LogP contribution in [0.15, 0.2) is 95.2 Å². The predicted octanol–water partition coefficient (Wildman–Crippen LogP) is 8.67. The number of hydrogen-bond acceptors (Lipinski definition) is 1. The summed E-state index contributed by atoms with van der Waals surface area (Å²) in [5.41, 5.74) is 2.56. The highest BCUT2D eigenvalue weighted by molar-refractivity contribution is 5.79. The molecular weight excluding hydrogens is 464 g/mol. The highest BCUT2D eigenvalue weighted by Crippen LogP contribution is 2.40. The maximum atomic E-state index is 14.9. The van der Waals surface area contributed by atoms with Crippen molar-refractivity contribution < 1.29 is 22.3 Å². The van der Waals surface area contributed by atoms with Crippen LogP contribution < -0.4 is 0 Å². The fourth-order valence-corrected chi connectivity index (χ4v) is 4.66. The first-order chi connectivity index (χ1) is 17.4. The van der Waals surface area contributed by atoms with Gasteiger partial charge in [-0.15, -0.1) is 5.92 Å². The monoisotopic (exact) mass is 492 g/mol. The van der Waals surface area contributed by atoms with Gasteiger partial charge in [-0.05, 0) is 50.2 Å². The molecule has 0 heterocycles. The van der Waals surface area contributed by atoms with Crippen LogP contribution in [0.1, 0.15) is 44.2 Å². The van der Waals surface area contributed by atoms with Crippen molar-refractivity contribution in [2.75, 3.05) is 6.61 Å². The number of rotatable bonds is 6. The van der Waals surface area contributed by atoms with Crippen molar-refractivity contribution in [3.8, 4) is 11.8 Å². The summed E-state index contributed by atoms with van der Waals surface area (Å²) >= 11 is 0. The summed E-state index contributed by atoms with van der Waals surface area (Å²) in [4.78, 5) is 0. The fraction of sp³-hybridized carbons (Fsp3) is 0.290. The van der Waals surface area contributed by atoms with Gasteiger partial charge in [0.25, 0.3) is 0 Å². The molecule has 0 fully saturated rings. The third-order valence-corrected chi connectivity index (χ3v) is 6.61. The number of benzene rings is 1. The zero-order chi connectivity index (χ0) is 25.7. The molecule has 4 rings (SSSR count). The zero-order valence-electron chi connectivity index (χ0n) is 20.3. The average molecular weight is 493 g/mol. The summed E-state index contributed by atoms with van der Waals surface area (Å²) < 4.78 is 63.8. The van der Waals surface area contributed by atoms with E-state index < -0.39 is 35.3 Å². The molecule has 186 valence electrons. The predicted molar refractivity (Wildman–Crippen MR) is 137 cm³/mol. The topological polar surface area (TPSA) is 9.23 Å². The van der Waals surface area contributed by atoms with Gasteiger partial charge in [-0.1, -0.05) is 72.7 Å². The van der Waals surface area contributed by atoms with E-state index in [2.05, 4.69) is 11.8 Å². The molecule has 0 N–H and O–H groups in total. The Balaban J connectivity index is 1.42. The van der Waals surface area contributed by atoms with Crippen LogP contribution in [0, 0.1) is 23.7 Å². The van der Waals surface area contributed by atoms with Gasteiger partial charge in [0, 0.05) is 29.2 Å². The normalized spacial score (nSPS) is 24.4. The highest BCUT2D eigenvalue weighted by atomic mass is 19.2. The number of hydrogen-bond donors (Lipinski definition) is 0. The minimum atomic E-state index is -0.912. The Morgan fingerprint density at radius 3 is 2.36 bits per heavy atom. The van der Waals surface area contributed by atoms with E-state index in [1.807, 2.05) is 18.2 Å². The fourth-order valence-electron chi connectivity index (χ4n) is 4.66. The summed E-state index contributed by atoms with van der Waals surface area (Å²) in [7, 11) is 0. The quantitative estimate of drug-likeness (QED) is 0.285. The Hall–Kier alpha value is -3.36. The van der Waals surface area contributed by atoms with E-state index in [9.17, 15) is 17.6 Å². The van der Waals surface area contributed by atoms with E-state index in [-0.39, 0.29) is 23.5 Å². The third-order valence-electron chi connectivity index (χ3n) is 6.61. The van der Waals surface area contributed by atoms with Crippen molar-refractivity contribution >= 4 is 11.6 Å². The van der Waals surface area contributed by atoms with E-state index >= 15 is 0 Å². The number of ether oxygens (including phenoxy) is 1. The SMILES string of the molecule is CC#CC1=CCC(C2CC=C(/C=C/c3ccc(C4=CCC(OCC)C(F)=C4F)cc3)C(F)=C2F)C=C1. The van der Waals surface area contributed by atoms with Crippen LogP contribution in [0.25, 0.3) is 11.6 Å². The molecule has 5 heteroatoms. The molecule has 3 aliphatic rings. The first-order valence-corrected chi connectivity index (χ1v) is 12.2. The largest absolute Gasteiger partial charge is 0.371 e. The summed E-state index contributed by atoms with van der Waals surface area (Å²) in [5, 5.41) is 0. The van der Waals surface area contributed by atoms with Crippen molar-refractivity contribution in [1.82, 2.24) is 0 Å². The van der Waals surface area contributed by atoms with Crippen LogP contribution in [0.3, 0.4) is 0 Å². The summed E-state index contributed by atoms with van der Waals surface area (Å²) in [6.07, 6.45) is 12.7. The Labute approximate surface area is 209 Å². The van der Waals surface area contributed by atoms with Crippen LogP contribution in [0.4, 0.5) is 17.6 Å². The lowest BCUT2D eigenvalue weighted by Gasteiger charge is -2.26. The third kappa shape index (κ3) is 5.55. The molecule has 36 heavy (non-hydrogen) atoms. The molecule has 0 amide bonds.